The molecule has 0 radical (unpaired) electrons. The van der Waals surface area contributed by atoms with E-state index in [9.17, 15) is 14.9 Å². The van der Waals surface area contributed by atoms with Crippen molar-refractivity contribution in [3.63, 3.8) is 0 Å². The second-order valence-electron chi connectivity index (χ2n) is 4.26. The van der Waals surface area contributed by atoms with Crippen LogP contribution in [0.25, 0.3) is 0 Å². The number of hydrogen-bond acceptors (Lipinski definition) is 7. The number of rotatable bonds is 10. The molecule has 0 saturated carbocycles. The summed E-state index contributed by atoms with van der Waals surface area (Å²) >= 11 is 1.28. The summed E-state index contributed by atoms with van der Waals surface area (Å²) in [5.74, 6) is 0.603. The Morgan fingerprint density at radius 1 is 1.30 bits per heavy atom. The Morgan fingerprint density at radius 3 is 2.52 bits per heavy atom. The SMILES string of the molecule is CCOc1cc([N+](=O)[O-])c(OCC)cc1NC(=O)CSCCO. The third kappa shape index (κ3) is 5.95. The molecule has 0 spiro atoms. The van der Waals surface area contributed by atoms with Gasteiger partial charge < -0.3 is 19.9 Å². The number of nitro groups is 1. The van der Waals surface area contributed by atoms with Crippen LogP contribution >= 0.6 is 11.8 Å². The van der Waals surface area contributed by atoms with E-state index in [0.29, 0.717) is 18.0 Å². The van der Waals surface area contributed by atoms with Crippen LogP contribution in [0, 0.1) is 10.1 Å². The van der Waals surface area contributed by atoms with Crippen molar-refractivity contribution >= 4 is 29.0 Å². The number of amides is 1. The van der Waals surface area contributed by atoms with Gasteiger partial charge in [-0.3, -0.25) is 14.9 Å². The van der Waals surface area contributed by atoms with E-state index >= 15 is 0 Å². The molecule has 0 fully saturated rings. The van der Waals surface area contributed by atoms with Crippen LogP contribution in [0.2, 0.25) is 0 Å². The largest absolute Gasteiger partial charge is 0.491 e. The smallest absolute Gasteiger partial charge is 0.314 e. The first-order valence-corrected chi connectivity index (χ1v) is 8.25. The molecule has 0 unspecified atom stereocenters. The van der Waals surface area contributed by atoms with E-state index in [4.69, 9.17) is 14.6 Å². The van der Waals surface area contributed by atoms with Crippen molar-refractivity contribution in [3.8, 4) is 11.5 Å². The van der Waals surface area contributed by atoms with Gasteiger partial charge in [-0.1, -0.05) is 0 Å². The fourth-order valence-corrected chi connectivity index (χ4v) is 2.28. The molecule has 1 amide bonds. The van der Waals surface area contributed by atoms with Crippen molar-refractivity contribution in [1.29, 1.82) is 0 Å². The Hall–Kier alpha value is -2.00. The van der Waals surface area contributed by atoms with Crippen molar-refractivity contribution in [3.05, 3.63) is 22.2 Å². The lowest BCUT2D eigenvalue weighted by molar-refractivity contribution is -0.385. The van der Waals surface area contributed by atoms with Gasteiger partial charge in [0.05, 0.1) is 42.3 Å². The van der Waals surface area contributed by atoms with Gasteiger partial charge in [0.15, 0.2) is 5.75 Å². The van der Waals surface area contributed by atoms with Gasteiger partial charge in [-0.2, -0.15) is 0 Å². The summed E-state index contributed by atoms with van der Waals surface area (Å²) in [7, 11) is 0. The number of anilines is 1. The van der Waals surface area contributed by atoms with Gasteiger partial charge in [0, 0.05) is 11.8 Å². The highest BCUT2D eigenvalue weighted by atomic mass is 32.2. The maximum Gasteiger partial charge on any atom is 0.314 e. The maximum absolute atomic E-state index is 11.9. The van der Waals surface area contributed by atoms with Crippen LogP contribution in [0.3, 0.4) is 0 Å². The fraction of sp³-hybridized carbons (Fsp3) is 0.500. The number of nitrogens with zero attached hydrogens (tertiary/aromatic N) is 1. The standard InChI is InChI=1S/C14H20N2O6S/c1-3-21-12-8-11(16(19)20)13(22-4-2)7-10(12)15-14(18)9-23-6-5-17/h7-8,17H,3-6,9H2,1-2H3,(H,15,18). The summed E-state index contributed by atoms with van der Waals surface area (Å²) in [5.41, 5.74) is 0.0958. The second-order valence-corrected chi connectivity index (χ2v) is 5.37. The summed E-state index contributed by atoms with van der Waals surface area (Å²) in [4.78, 5) is 22.4. The fourth-order valence-electron chi connectivity index (χ4n) is 1.75. The number of thioether (sulfide) groups is 1. The summed E-state index contributed by atoms with van der Waals surface area (Å²) in [6.07, 6.45) is 0. The molecule has 23 heavy (non-hydrogen) atoms. The van der Waals surface area contributed by atoms with Gasteiger partial charge in [-0.25, -0.2) is 0 Å². The van der Waals surface area contributed by atoms with E-state index in [0.717, 1.165) is 0 Å². The molecule has 0 bridgehead atoms. The van der Waals surface area contributed by atoms with Gasteiger partial charge >= 0.3 is 5.69 Å². The van der Waals surface area contributed by atoms with Crippen molar-refractivity contribution in [2.75, 3.05) is 36.6 Å². The molecular weight excluding hydrogens is 324 g/mol. The third-order valence-electron chi connectivity index (χ3n) is 2.60. The molecule has 9 heteroatoms. The van der Waals surface area contributed by atoms with E-state index in [-0.39, 0.29) is 42.1 Å². The molecule has 1 aromatic rings. The van der Waals surface area contributed by atoms with Crippen LogP contribution in [-0.4, -0.2) is 47.3 Å². The molecule has 128 valence electrons. The Morgan fingerprint density at radius 2 is 1.96 bits per heavy atom. The number of ether oxygens (including phenoxy) is 2. The molecule has 1 rings (SSSR count). The average Bonchev–Trinajstić information content (AvgIpc) is 2.50. The molecule has 1 aromatic carbocycles. The Kier molecular flexibility index (Phi) is 8.20. The Bertz CT molecular complexity index is 552. The van der Waals surface area contributed by atoms with Crippen LogP contribution < -0.4 is 14.8 Å². The molecule has 0 aliphatic heterocycles. The number of aliphatic hydroxyl groups is 1. The molecule has 2 N–H and O–H groups in total. The number of carbonyl (C=O) groups excluding carboxylic acids is 1. The zero-order valence-electron chi connectivity index (χ0n) is 13.0. The van der Waals surface area contributed by atoms with Crippen molar-refractivity contribution in [2.45, 2.75) is 13.8 Å². The van der Waals surface area contributed by atoms with E-state index in [1.165, 1.54) is 23.9 Å². The average molecular weight is 344 g/mol. The van der Waals surface area contributed by atoms with E-state index in [2.05, 4.69) is 5.32 Å². The topological polar surface area (TPSA) is 111 Å². The minimum absolute atomic E-state index is 0.00579. The highest BCUT2D eigenvalue weighted by molar-refractivity contribution is 7.99. The molecule has 0 heterocycles. The number of nitro benzene ring substituents is 1. The quantitative estimate of drug-likeness (QED) is 0.379. The first-order valence-electron chi connectivity index (χ1n) is 7.09. The predicted molar refractivity (Wildman–Crippen MR) is 88.5 cm³/mol. The first-order chi connectivity index (χ1) is 11.0. The molecule has 8 nitrogen and oxygen atoms in total. The molecule has 0 aliphatic carbocycles. The van der Waals surface area contributed by atoms with Crippen molar-refractivity contribution in [2.24, 2.45) is 0 Å². The van der Waals surface area contributed by atoms with Crippen molar-refractivity contribution in [1.82, 2.24) is 0 Å². The van der Waals surface area contributed by atoms with E-state index in [1.54, 1.807) is 13.8 Å². The molecule has 0 aromatic heterocycles. The summed E-state index contributed by atoms with van der Waals surface area (Å²) < 4.78 is 10.6. The monoisotopic (exact) mass is 344 g/mol. The zero-order valence-corrected chi connectivity index (χ0v) is 13.9. The van der Waals surface area contributed by atoms with Crippen LogP contribution in [0.15, 0.2) is 12.1 Å². The summed E-state index contributed by atoms with van der Waals surface area (Å²) in [6, 6.07) is 2.63. The predicted octanol–water partition coefficient (Wildman–Crippen LogP) is 2.06. The number of hydrogen-bond donors (Lipinski definition) is 2. The number of aliphatic hydroxyl groups excluding tert-OH is 1. The minimum Gasteiger partial charge on any atom is -0.491 e. The molecular formula is C14H20N2O6S. The number of benzene rings is 1. The summed E-state index contributed by atoms with van der Waals surface area (Å²) in [5, 5.41) is 22.5. The first kappa shape index (κ1) is 19.0. The lowest BCUT2D eigenvalue weighted by Gasteiger charge is -2.14. The molecule has 0 atom stereocenters. The van der Waals surface area contributed by atoms with Crippen LogP contribution in [0.5, 0.6) is 11.5 Å². The van der Waals surface area contributed by atoms with Crippen molar-refractivity contribution < 1.29 is 24.3 Å². The lowest BCUT2D eigenvalue weighted by Crippen LogP contribution is -2.16. The minimum atomic E-state index is -0.559. The number of carbonyl (C=O) groups is 1. The second kappa shape index (κ2) is 9.90. The van der Waals surface area contributed by atoms with Gasteiger partial charge in [0.25, 0.3) is 0 Å². The Balaban J connectivity index is 3.04. The molecule has 0 aliphatic rings. The number of nitrogens with one attached hydrogen (secondary N) is 1. The van der Waals surface area contributed by atoms with E-state index in [1.807, 2.05) is 0 Å². The van der Waals surface area contributed by atoms with Gasteiger partial charge in [0.2, 0.25) is 5.91 Å². The van der Waals surface area contributed by atoms with Crippen LogP contribution in [-0.2, 0) is 4.79 Å². The van der Waals surface area contributed by atoms with Crippen LogP contribution in [0.4, 0.5) is 11.4 Å². The highest BCUT2D eigenvalue weighted by Crippen LogP contribution is 2.38. The Labute approximate surface area is 138 Å². The maximum atomic E-state index is 11.9. The highest BCUT2D eigenvalue weighted by Gasteiger charge is 2.21. The third-order valence-corrected chi connectivity index (χ3v) is 3.54. The van der Waals surface area contributed by atoms with Gasteiger partial charge in [0.1, 0.15) is 5.75 Å². The zero-order chi connectivity index (χ0) is 17.2. The van der Waals surface area contributed by atoms with Crippen LogP contribution in [0.1, 0.15) is 13.8 Å². The van der Waals surface area contributed by atoms with Gasteiger partial charge in [-0.15, -0.1) is 11.8 Å². The normalized spacial score (nSPS) is 10.2. The van der Waals surface area contributed by atoms with Gasteiger partial charge in [-0.05, 0) is 13.8 Å². The lowest BCUT2D eigenvalue weighted by atomic mass is 10.2. The molecule has 0 saturated heterocycles. The summed E-state index contributed by atoms with van der Waals surface area (Å²) in [6.45, 7) is 4.00. The van der Waals surface area contributed by atoms with E-state index < -0.39 is 4.92 Å².